The fourth-order valence-corrected chi connectivity index (χ4v) is 2.53. The number of aromatic carboxylic acids is 1. The van der Waals surface area contributed by atoms with Crippen molar-refractivity contribution in [2.45, 2.75) is 51.5 Å². The van der Waals surface area contributed by atoms with E-state index in [2.05, 4.69) is 4.98 Å². The monoisotopic (exact) mass is 250 g/mol. The number of carboxylic acids is 1. The number of nitrogens with zero attached hydrogens (tertiary/aromatic N) is 2. The van der Waals surface area contributed by atoms with E-state index >= 15 is 0 Å². The van der Waals surface area contributed by atoms with Gasteiger partial charge in [-0.25, -0.2) is 9.59 Å². The summed E-state index contributed by atoms with van der Waals surface area (Å²) in [6, 6.07) is -0.0827. The first kappa shape index (κ1) is 12.8. The Morgan fingerprint density at radius 3 is 2.56 bits per heavy atom. The van der Waals surface area contributed by atoms with E-state index in [1.807, 2.05) is 13.8 Å². The number of carboxylic acid groups (broad SMARTS) is 1. The van der Waals surface area contributed by atoms with Crippen molar-refractivity contribution in [2.24, 2.45) is 0 Å². The summed E-state index contributed by atoms with van der Waals surface area (Å²) in [7, 11) is 0. The fourth-order valence-electron chi connectivity index (χ4n) is 2.53. The minimum atomic E-state index is -1.00. The molecular formula is C13H18N2O3. The molecule has 1 aliphatic rings. The predicted molar refractivity (Wildman–Crippen MR) is 67.1 cm³/mol. The second-order valence-corrected chi connectivity index (χ2v) is 5.11. The maximum absolute atomic E-state index is 11.9. The van der Waals surface area contributed by atoms with Gasteiger partial charge in [-0.2, -0.15) is 4.98 Å². The van der Waals surface area contributed by atoms with E-state index in [1.54, 1.807) is 0 Å². The maximum Gasteiger partial charge on any atom is 0.348 e. The van der Waals surface area contributed by atoms with Gasteiger partial charge in [-0.05, 0) is 26.7 Å². The Labute approximate surface area is 105 Å². The van der Waals surface area contributed by atoms with Crippen LogP contribution in [0.4, 0.5) is 0 Å². The van der Waals surface area contributed by atoms with E-state index in [-0.39, 0.29) is 23.2 Å². The predicted octanol–water partition coefficient (Wildman–Crippen LogP) is 2.18. The molecule has 0 radical (unpaired) electrons. The topological polar surface area (TPSA) is 72.2 Å². The van der Waals surface area contributed by atoms with Crippen LogP contribution in [0.5, 0.6) is 0 Å². The highest BCUT2D eigenvalue weighted by Crippen LogP contribution is 2.34. The second-order valence-electron chi connectivity index (χ2n) is 5.11. The number of hydrogen-bond acceptors (Lipinski definition) is 3. The van der Waals surface area contributed by atoms with E-state index in [1.165, 1.54) is 10.8 Å². The Morgan fingerprint density at radius 2 is 2.06 bits per heavy atom. The third-order valence-corrected chi connectivity index (χ3v) is 3.51. The third kappa shape index (κ3) is 2.30. The Bertz CT molecular complexity index is 513. The first-order valence-electron chi connectivity index (χ1n) is 6.37. The lowest BCUT2D eigenvalue weighted by Crippen LogP contribution is -2.28. The van der Waals surface area contributed by atoms with Crippen LogP contribution in [0.3, 0.4) is 0 Å². The lowest BCUT2D eigenvalue weighted by atomic mass is 9.99. The Balaban J connectivity index is 2.54. The van der Waals surface area contributed by atoms with Crippen LogP contribution in [0.25, 0.3) is 0 Å². The Hall–Kier alpha value is -1.65. The van der Waals surface area contributed by atoms with Gasteiger partial charge in [0.2, 0.25) is 0 Å². The summed E-state index contributed by atoms with van der Waals surface area (Å²) in [5.41, 5.74) is 0.300. The molecule has 0 aliphatic heterocycles. The van der Waals surface area contributed by atoms with Gasteiger partial charge in [0.25, 0.3) is 0 Å². The van der Waals surface area contributed by atoms with Gasteiger partial charge in [0.05, 0.1) is 11.3 Å². The number of rotatable bonds is 3. The molecule has 0 bridgehead atoms. The average Bonchev–Trinajstić information content (AvgIpc) is 2.80. The Kier molecular flexibility index (Phi) is 3.50. The molecule has 1 heterocycles. The van der Waals surface area contributed by atoms with E-state index < -0.39 is 5.97 Å². The summed E-state index contributed by atoms with van der Waals surface area (Å²) >= 11 is 0. The molecule has 5 heteroatoms. The van der Waals surface area contributed by atoms with Gasteiger partial charge in [-0.15, -0.1) is 0 Å². The molecule has 1 fully saturated rings. The quantitative estimate of drug-likeness (QED) is 0.892. The van der Waals surface area contributed by atoms with Gasteiger partial charge in [-0.1, -0.05) is 12.8 Å². The van der Waals surface area contributed by atoms with E-state index in [4.69, 9.17) is 0 Å². The lowest BCUT2D eigenvalue weighted by Gasteiger charge is -2.15. The standard InChI is InChI=1S/C13H18N2O3/c1-8(2)15-7-10(12(16)17)11(14-13(15)18)9-5-3-4-6-9/h7-9H,3-6H2,1-2H3,(H,16,17). The second kappa shape index (κ2) is 4.92. The zero-order valence-electron chi connectivity index (χ0n) is 10.7. The molecule has 0 unspecified atom stereocenters. The van der Waals surface area contributed by atoms with Gasteiger partial charge < -0.3 is 5.11 Å². The van der Waals surface area contributed by atoms with Crippen LogP contribution in [0.1, 0.15) is 67.5 Å². The van der Waals surface area contributed by atoms with Crippen molar-refractivity contribution < 1.29 is 9.90 Å². The normalized spacial score (nSPS) is 16.4. The Morgan fingerprint density at radius 1 is 1.44 bits per heavy atom. The van der Waals surface area contributed by atoms with Crippen molar-refractivity contribution in [1.82, 2.24) is 9.55 Å². The van der Waals surface area contributed by atoms with Crippen molar-refractivity contribution in [3.63, 3.8) is 0 Å². The zero-order chi connectivity index (χ0) is 13.3. The maximum atomic E-state index is 11.9. The van der Waals surface area contributed by atoms with Gasteiger partial charge in [0.1, 0.15) is 0 Å². The molecule has 1 aromatic heterocycles. The molecule has 1 saturated carbocycles. The van der Waals surface area contributed by atoms with E-state index in [9.17, 15) is 14.7 Å². The van der Waals surface area contributed by atoms with Crippen molar-refractivity contribution in [1.29, 1.82) is 0 Å². The summed E-state index contributed by atoms with van der Waals surface area (Å²) in [5.74, 6) is -0.871. The van der Waals surface area contributed by atoms with Crippen LogP contribution in [0, 0.1) is 0 Å². The van der Waals surface area contributed by atoms with Crippen molar-refractivity contribution in [3.05, 3.63) is 27.9 Å². The average molecular weight is 250 g/mol. The van der Waals surface area contributed by atoms with Crippen LogP contribution >= 0.6 is 0 Å². The molecule has 1 aliphatic carbocycles. The number of hydrogen-bond donors (Lipinski definition) is 1. The summed E-state index contributed by atoms with van der Waals surface area (Å²) in [6.07, 6.45) is 5.46. The first-order chi connectivity index (χ1) is 8.50. The third-order valence-electron chi connectivity index (χ3n) is 3.51. The van der Waals surface area contributed by atoms with Gasteiger partial charge >= 0.3 is 11.7 Å². The van der Waals surface area contributed by atoms with Gasteiger partial charge in [0, 0.05) is 18.2 Å². The number of carbonyl (C=O) groups is 1. The molecule has 98 valence electrons. The summed E-state index contributed by atoms with van der Waals surface area (Å²) in [4.78, 5) is 27.2. The molecule has 18 heavy (non-hydrogen) atoms. The smallest absolute Gasteiger partial charge is 0.348 e. The molecule has 0 spiro atoms. The highest BCUT2D eigenvalue weighted by molar-refractivity contribution is 5.88. The SMILES string of the molecule is CC(C)n1cc(C(=O)O)c(C2CCCC2)nc1=O. The van der Waals surface area contributed by atoms with Crippen LogP contribution in [0.15, 0.2) is 11.0 Å². The van der Waals surface area contributed by atoms with Crippen molar-refractivity contribution in [2.75, 3.05) is 0 Å². The van der Waals surface area contributed by atoms with E-state index in [0.717, 1.165) is 25.7 Å². The summed E-state index contributed by atoms with van der Waals surface area (Å²) in [6.45, 7) is 3.67. The van der Waals surface area contributed by atoms with Gasteiger partial charge in [-0.3, -0.25) is 4.57 Å². The van der Waals surface area contributed by atoms with Crippen LogP contribution < -0.4 is 5.69 Å². The minimum Gasteiger partial charge on any atom is -0.478 e. The van der Waals surface area contributed by atoms with Crippen LogP contribution in [-0.4, -0.2) is 20.6 Å². The molecule has 1 aromatic rings. The van der Waals surface area contributed by atoms with E-state index in [0.29, 0.717) is 5.69 Å². The zero-order valence-corrected chi connectivity index (χ0v) is 10.7. The van der Waals surface area contributed by atoms with Crippen LogP contribution in [-0.2, 0) is 0 Å². The van der Waals surface area contributed by atoms with Crippen LogP contribution in [0.2, 0.25) is 0 Å². The first-order valence-corrected chi connectivity index (χ1v) is 6.37. The van der Waals surface area contributed by atoms with Gasteiger partial charge in [0.15, 0.2) is 0 Å². The molecule has 0 atom stereocenters. The number of aromatic nitrogens is 2. The lowest BCUT2D eigenvalue weighted by molar-refractivity contribution is 0.0693. The molecule has 2 rings (SSSR count). The molecule has 1 N–H and O–H groups in total. The molecule has 0 aromatic carbocycles. The van der Waals surface area contributed by atoms with Crippen molar-refractivity contribution in [3.8, 4) is 0 Å². The largest absolute Gasteiger partial charge is 0.478 e. The molecular weight excluding hydrogens is 232 g/mol. The summed E-state index contributed by atoms with van der Waals surface area (Å²) < 4.78 is 1.38. The van der Waals surface area contributed by atoms with Crippen molar-refractivity contribution >= 4 is 5.97 Å². The highest BCUT2D eigenvalue weighted by atomic mass is 16.4. The fraction of sp³-hybridized carbons (Fsp3) is 0.615. The highest BCUT2D eigenvalue weighted by Gasteiger charge is 2.25. The molecule has 0 amide bonds. The minimum absolute atomic E-state index is 0.0827. The molecule has 0 saturated heterocycles. The summed E-state index contributed by atoms with van der Waals surface area (Å²) in [5, 5.41) is 9.27. The molecule has 5 nitrogen and oxygen atoms in total.